The molecule has 1 aliphatic heterocycles. The van der Waals surface area contributed by atoms with Gasteiger partial charge in [0.15, 0.2) is 0 Å². The molecular weight excluding hydrogens is 324 g/mol. The molecule has 2 aliphatic rings. The van der Waals surface area contributed by atoms with E-state index in [2.05, 4.69) is 15.5 Å². The third-order valence-corrected chi connectivity index (χ3v) is 5.26. The van der Waals surface area contributed by atoms with Crippen molar-refractivity contribution in [1.82, 2.24) is 15.0 Å². The predicted molar refractivity (Wildman–Crippen MR) is 87.7 cm³/mol. The molecule has 25 heavy (non-hydrogen) atoms. The van der Waals surface area contributed by atoms with Crippen molar-refractivity contribution in [3.05, 3.63) is 30.3 Å². The van der Waals surface area contributed by atoms with Crippen LogP contribution in [0.25, 0.3) is 11.4 Å². The van der Waals surface area contributed by atoms with E-state index in [0.29, 0.717) is 18.8 Å². The Balaban J connectivity index is 1.45. The molecule has 1 saturated carbocycles. The fraction of sp³-hybridized carbons (Fsp3) is 0.412. The van der Waals surface area contributed by atoms with Crippen molar-refractivity contribution in [3.8, 4) is 11.4 Å². The van der Waals surface area contributed by atoms with Gasteiger partial charge in [-0.25, -0.2) is 4.79 Å². The van der Waals surface area contributed by atoms with Crippen LogP contribution in [0.4, 0.5) is 10.8 Å². The molecule has 2 aromatic rings. The molecular formula is C17H18N4O4. The van der Waals surface area contributed by atoms with Crippen LogP contribution in [0, 0.1) is 11.3 Å². The number of fused-ring (bicyclic) bond motifs is 1. The number of aliphatic carboxylic acids is 1. The summed E-state index contributed by atoms with van der Waals surface area (Å²) in [6, 6.07) is 8.89. The molecule has 8 nitrogen and oxygen atoms in total. The number of nitrogens with zero attached hydrogens (tertiary/aromatic N) is 3. The summed E-state index contributed by atoms with van der Waals surface area (Å²) >= 11 is 0. The lowest BCUT2D eigenvalue weighted by Gasteiger charge is -2.23. The monoisotopic (exact) mass is 342 g/mol. The number of aromatic nitrogens is 2. The summed E-state index contributed by atoms with van der Waals surface area (Å²) in [5.74, 6) is -0.413. The van der Waals surface area contributed by atoms with Crippen molar-refractivity contribution in [2.24, 2.45) is 11.3 Å². The van der Waals surface area contributed by atoms with E-state index in [1.54, 1.807) is 0 Å². The number of hydrogen-bond acceptors (Lipinski definition) is 5. The SMILES string of the molecule is O=C(Nc1nc(-c2ccccc2)no1)N1C[C@@H]2CCC[C@@]2(C(=O)O)C1. The normalized spacial score (nSPS) is 25.0. The molecule has 2 amide bonds. The maximum absolute atomic E-state index is 12.5. The summed E-state index contributed by atoms with van der Waals surface area (Å²) in [7, 11) is 0. The number of carbonyl (C=O) groups excluding carboxylic acids is 1. The maximum Gasteiger partial charge on any atom is 0.329 e. The number of carboxylic acids is 1. The van der Waals surface area contributed by atoms with Gasteiger partial charge < -0.3 is 14.5 Å². The highest BCUT2D eigenvalue weighted by Gasteiger charge is 2.55. The first-order valence-corrected chi connectivity index (χ1v) is 8.27. The van der Waals surface area contributed by atoms with Crippen molar-refractivity contribution in [1.29, 1.82) is 0 Å². The Labute approximate surface area is 143 Å². The first-order valence-electron chi connectivity index (χ1n) is 8.27. The van der Waals surface area contributed by atoms with Gasteiger partial charge in [0, 0.05) is 18.7 Å². The van der Waals surface area contributed by atoms with Gasteiger partial charge in [-0.15, -0.1) is 0 Å². The first kappa shape index (κ1) is 15.6. The average Bonchev–Trinajstić information content (AvgIpc) is 3.29. The highest BCUT2D eigenvalue weighted by atomic mass is 16.5. The van der Waals surface area contributed by atoms with Crippen LogP contribution in [-0.4, -0.2) is 45.2 Å². The minimum Gasteiger partial charge on any atom is -0.481 e. The van der Waals surface area contributed by atoms with Crippen LogP contribution >= 0.6 is 0 Å². The van der Waals surface area contributed by atoms with E-state index in [0.717, 1.165) is 18.4 Å². The van der Waals surface area contributed by atoms with Crippen LogP contribution < -0.4 is 5.32 Å². The summed E-state index contributed by atoms with van der Waals surface area (Å²) in [6.45, 7) is 0.663. The second kappa shape index (κ2) is 5.87. The second-order valence-corrected chi connectivity index (χ2v) is 6.65. The summed E-state index contributed by atoms with van der Waals surface area (Å²) in [5, 5.41) is 16.0. The molecule has 0 unspecified atom stereocenters. The number of likely N-dealkylation sites (tertiary alicyclic amines) is 1. The molecule has 1 aliphatic carbocycles. The Morgan fingerprint density at radius 1 is 1.32 bits per heavy atom. The fourth-order valence-electron chi connectivity index (χ4n) is 3.94. The Morgan fingerprint density at radius 2 is 2.12 bits per heavy atom. The quantitative estimate of drug-likeness (QED) is 0.887. The van der Waals surface area contributed by atoms with E-state index in [-0.39, 0.29) is 18.5 Å². The predicted octanol–water partition coefficient (Wildman–Crippen LogP) is 2.46. The van der Waals surface area contributed by atoms with Crippen molar-refractivity contribution >= 4 is 18.0 Å². The molecule has 2 atom stereocenters. The van der Waals surface area contributed by atoms with Crippen LogP contribution in [0.1, 0.15) is 19.3 Å². The van der Waals surface area contributed by atoms with Crippen molar-refractivity contribution in [3.63, 3.8) is 0 Å². The molecule has 130 valence electrons. The van der Waals surface area contributed by atoms with Crippen LogP contribution in [0.3, 0.4) is 0 Å². The van der Waals surface area contributed by atoms with Gasteiger partial charge in [-0.2, -0.15) is 4.98 Å². The van der Waals surface area contributed by atoms with Gasteiger partial charge in [-0.05, 0) is 18.8 Å². The zero-order chi connectivity index (χ0) is 17.4. The Kier molecular flexibility index (Phi) is 3.67. The summed E-state index contributed by atoms with van der Waals surface area (Å²) in [5.41, 5.74) is -0.0197. The molecule has 1 aromatic heterocycles. The topological polar surface area (TPSA) is 109 Å². The van der Waals surface area contributed by atoms with Crippen LogP contribution in [-0.2, 0) is 4.79 Å². The van der Waals surface area contributed by atoms with Crippen molar-refractivity contribution in [2.45, 2.75) is 19.3 Å². The lowest BCUT2D eigenvalue weighted by molar-refractivity contribution is -0.149. The van der Waals surface area contributed by atoms with E-state index in [9.17, 15) is 14.7 Å². The molecule has 1 aromatic carbocycles. The number of amides is 2. The number of rotatable bonds is 3. The van der Waals surface area contributed by atoms with E-state index in [1.165, 1.54) is 4.90 Å². The number of carboxylic acid groups (broad SMARTS) is 1. The summed E-state index contributed by atoms with van der Waals surface area (Å²) in [4.78, 5) is 29.8. The Bertz CT molecular complexity index is 806. The van der Waals surface area contributed by atoms with Gasteiger partial charge in [-0.1, -0.05) is 41.9 Å². The van der Waals surface area contributed by atoms with E-state index < -0.39 is 17.4 Å². The molecule has 0 radical (unpaired) electrons. The smallest absolute Gasteiger partial charge is 0.329 e. The van der Waals surface area contributed by atoms with Gasteiger partial charge in [0.25, 0.3) is 0 Å². The number of nitrogens with one attached hydrogen (secondary N) is 1. The first-order chi connectivity index (χ1) is 12.1. The number of carbonyl (C=O) groups is 2. The fourth-order valence-corrected chi connectivity index (χ4v) is 3.94. The van der Waals surface area contributed by atoms with Crippen LogP contribution in [0.2, 0.25) is 0 Å². The van der Waals surface area contributed by atoms with Gasteiger partial charge >= 0.3 is 18.0 Å². The summed E-state index contributed by atoms with van der Waals surface area (Å²) < 4.78 is 5.08. The maximum atomic E-state index is 12.5. The van der Waals surface area contributed by atoms with E-state index >= 15 is 0 Å². The van der Waals surface area contributed by atoms with Gasteiger partial charge in [0.2, 0.25) is 5.82 Å². The number of anilines is 1. The van der Waals surface area contributed by atoms with E-state index in [1.807, 2.05) is 30.3 Å². The standard InChI is InChI=1S/C17H18N4O4/c22-14(23)17-8-4-7-12(17)9-21(10-17)16(24)19-15-18-13(20-25-15)11-5-2-1-3-6-11/h1-3,5-6,12H,4,7-10H2,(H,22,23)(H,18,19,20,24)/t12-,17+/m0/s1. The van der Waals surface area contributed by atoms with Crippen molar-refractivity contribution in [2.75, 3.05) is 18.4 Å². The van der Waals surface area contributed by atoms with Gasteiger partial charge in [-0.3, -0.25) is 10.1 Å². The number of hydrogen-bond donors (Lipinski definition) is 2. The molecule has 2 fully saturated rings. The average molecular weight is 342 g/mol. The lowest BCUT2D eigenvalue weighted by atomic mass is 9.81. The lowest BCUT2D eigenvalue weighted by Crippen LogP contribution is -2.38. The number of urea groups is 1. The highest BCUT2D eigenvalue weighted by Crippen LogP contribution is 2.48. The molecule has 0 spiro atoms. The minimum absolute atomic E-state index is 0.00490. The minimum atomic E-state index is -0.811. The molecule has 8 heteroatoms. The third-order valence-electron chi connectivity index (χ3n) is 5.26. The third kappa shape index (κ3) is 2.63. The van der Waals surface area contributed by atoms with E-state index in [4.69, 9.17) is 4.52 Å². The van der Waals surface area contributed by atoms with Gasteiger partial charge in [0.05, 0.1) is 5.41 Å². The Morgan fingerprint density at radius 3 is 2.84 bits per heavy atom. The zero-order valence-corrected chi connectivity index (χ0v) is 13.5. The number of benzene rings is 1. The molecule has 1 saturated heterocycles. The van der Waals surface area contributed by atoms with Crippen LogP contribution in [0.15, 0.2) is 34.9 Å². The Hall–Kier alpha value is -2.90. The molecule has 0 bridgehead atoms. The molecule has 2 N–H and O–H groups in total. The highest BCUT2D eigenvalue weighted by molar-refractivity contribution is 5.89. The van der Waals surface area contributed by atoms with Gasteiger partial charge in [0.1, 0.15) is 0 Å². The largest absolute Gasteiger partial charge is 0.481 e. The molecule has 2 heterocycles. The zero-order valence-electron chi connectivity index (χ0n) is 13.5. The van der Waals surface area contributed by atoms with Crippen LogP contribution in [0.5, 0.6) is 0 Å². The summed E-state index contributed by atoms with van der Waals surface area (Å²) in [6.07, 6.45) is 2.36. The van der Waals surface area contributed by atoms with Crippen molar-refractivity contribution < 1.29 is 19.2 Å². The molecule has 4 rings (SSSR count). The second-order valence-electron chi connectivity index (χ2n) is 6.65.